The first-order chi connectivity index (χ1) is 8.93. The second-order valence-corrected chi connectivity index (χ2v) is 4.46. The average molecular weight is 233 g/mol. The largest absolute Gasteiger partial charge is 0.256 e. The third-order valence-electron chi connectivity index (χ3n) is 3.23. The van der Waals surface area contributed by atoms with Gasteiger partial charge in [0.25, 0.3) is 0 Å². The van der Waals surface area contributed by atoms with Gasteiger partial charge in [0.05, 0.1) is 5.69 Å². The highest BCUT2D eigenvalue weighted by molar-refractivity contribution is 5.82. The Labute approximate surface area is 108 Å². The van der Waals surface area contributed by atoms with E-state index in [9.17, 15) is 0 Å². The normalized spacial score (nSPS) is 13.8. The second-order valence-electron chi connectivity index (χ2n) is 4.46. The Kier molecular flexibility index (Phi) is 3.05. The minimum atomic E-state index is 0.998. The summed E-state index contributed by atoms with van der Waals surface area (Å²) in [7, 11) is 0. The van der Waals surface area contributed by atoms with Gasteiger partial charge in [0, 0.05) is 6.21 Å². The van der Waals surface area contributed by atoms with Crippen molar-refractivity contribution in [3.05, 3.63) is 77.4 Å². The van der Waals surface area contributed by atoms with E-state index >= 15 is 0 Å². The maximum Gasteiger partial charge on any atom is 0.0667 e. The van der Waals surface area contributed by atoms with E-state index < -0.39 is 0 Å². The van der Waals surface area contributed by atoms with E-state index in [0.29, 0.717) is 0 Å². The number of hydrogen-bond acceptors (Lipinski definition) is 1. The van der Waals surface area contributed by atoms with Gasteiger partial charge in [0.15, 0.2) is 0 Å². The van der Waals surface area contributed by atoms with E-state index in [2.05, 4.69) is 47.5 Å². The highest BCUT2D eigenvalue weighted by atomic mass is 14.7. The number of nitrogens with zero attached hydrogens (tertiary/aromatic N) is 1. The molecule has 2 aromatic carbocycles. The van der Waals surface area contributed by atoms with Crippen molar-refractivity contribution in [1.29, 1.82) is 0 Å². The first kappa shape index (κ1) is 11.0. The molecule has 1 aliphatic rings. The lowest BCUT2D eigenvalue weighted by atomic mass is 9.95. The Bertz CT molecular complexity index is 594. The number of hydrogen-bond donors (Lipinski definition) is 0. The van der Waals surface area contributed by atoms with Crippen LogP contribution in [-0.4, -0.2) is 6.21 Å². The molecule has 0 saturated carbocycles. The van der Waals surface area contributed by atoms with Crippen LogP contribution in [0.4, 0.5) is 5.69 Å². The first-order valence-electron chi connectivity index (χ1n) is 6.28. The first-order valence-corrected chi connectivity index (χ1v) is 6.28. The van der Waals surface area contributed by atoms with Crippen LogP contribution >= 0.6 is 0 Å². The molecular formula is C17H15N. The van der Waals surface area contributed by atoms with E-state index in [1.54, 1.807) is 0 Å². The number of fused-ring (bicyclic) bond motifs is 1. The van der Waals surface area contributed by atoms with Crippen molar-refractivity contribution in [1.82, 2.24) is 0 Å². The van der Waals surface area contributed by atoms with Crippen LogP contribution in [0.2, 0.25) is 0 Å². The minimum Gasteiger partial charge on any atom is -0.256 e. The molecule has 88 valence electrons. The predicted molar refractivity (Wildman–Crippen MR) is 76.7 cm³/mol. The number of allylic oxidation sites excluding steroid dienone is 2. The smallest absolute Gasteiger partial charge is 0.0667 e. The lowest BCUT2D eigenvalue weighted by Crippen LogP contribution is -1.97. The summed E-state index contributed by atoms with van der Waals surface area (Å²) >= 11 is 0. The summed E-state index contributed by atoms with van der Waals surface area (Å²) in [6, 6.07) is 16.6. The topological polar surface area (TPSA) is 12.4 Å². The van der Waals surface area contributed by atoms with Crippen LogP contribution in [-0.2, 0) is 12.8 Å². The molecule has 1 heteroatoms. The molecule has 2 aromatic rings. The van der Waals surface area contributed by atoms with E-state index in [-0.39, 0.29) is 0 Å². The average Bonchev–Trinajstić information content (AvgIpc) is 2.46. The van der Waals surface area contributed by atoms with Gasteiger partial charge in [-0.2, -0.15) is 0 Å². The van der Waals surface area contributed by atoms with Gasteiger partial charge in [-0.05, 0) is 35.6 Å². The number of benzene rings is 2. The summed E-state index contributed by atoms with van der Waals surface area (Å²) in [5, 5.41) is 0. The Morgan fingerprint density at radius 2 is 1.67 bits per heavy atom. The zero-order valence-electron chi connectivity index (χ0n) is 10.2. The van der Waals surface area contributed by atoms with Crippen LogP contribution in [0.3, 0.4) is 0 Å². The van der Waals surface area contributed by atoms with Crippen molar-refractivity contribution < 1.29 is 0 Å². The van der Waals surface area contributed by atoms with E-state index in [1.165, 1.54) is 11.1 Å². The zero-order valence-corrected chi connectivity index (χ0v) is 10.2. The molecule has 0 aliphatic heterocycles. The van der Waals surface area contributed by atoms with Gasteiger partial charge < -0.3 is 0 Å². The van der Waals surface area contributed by atoms with Crippen molar-refractivity contribution >= 4 is 11.9 Å². The highest BCUT2D eigenvalue weighted by Crippen LogP contribution is 2.26. The Hall–Kier alpha value is -2.15. The van der Waals surface area contributed by atoms with Crippen molar-refractivity contribution in [2.45, 2.75) is 12.8 Å². The lowest BCUT2D eigenvalue weighted by molar-refractivity contribution is 1.09. The molecule has 1 aliphatic carbocycles. The Morgan fingerprint density at radius 1 is 0.833 bits per heavy atom. The summed E-state index contributed by atoms with van der Waals surface area (Å²) in [4.78, 5) is 4.63. The lowest BCUT2D eigenvalue weighted by Gasteiger charge is -2.12. The van der Waals surface area contributed by atoms with Crippen molar-refractivity contribution in [3.63, 3.8) is 0 Å². The summed E-state index contributed by atoms with van der Waals surface area (Å²) in [5.74, 6) is 0. The number of rotatable bonds is 2. The van der Waals surface area contributed by atoms with Crippen LogP contribution < -0.4 is 0 Å². The maximum absolute atomic E-state index is 4.63. The van der Waals surface area contributed by atoms with Crippen LogP contribution in [0.15, 0.2) is 65.7 Å². The summed E-state index contributed by atoms with van der Waals surface area (Å²) in [6.07, 6.45) is 8.42. The highest BCUT2D eigenvalue weighted by Gasteiger charge is 2.08. The fourth-order valence-corrected chi connectivity index (χ4v) is 2.26. The molecule has 0 spiro atoms. The SMILES string of the molecule is C1=CCc2c(cccc2N=Cc2ccccc2)C1. The molecule has 0 fully saturated rings. The fourth-order valence-electron chi connectivity index (χ4n) is 2.26. The van der Waals surface area contributed by atoms with Crippen LogP contribution in [0.25, 0.3) is 0 Å². The van der Waals surface area contributed by atoms with Crippen molar-refractivity contribution in [3.8, 4) is 0 Å². The summed E-state index contributed by atoms with van der Waals surface area (Å²) in [6.45, 7) is 0. The van der Waals surface area contributed by atoms with Crippen LogP contribution in [0.5, 0.6) is 0 Å². The van der Waals surface area contributed by atoms with Gasteiger partial charge >= 0.3 is 0 Å². The van der Waals surface area contributed by atoms with Gasteiger partial charge in [-0.3, -0.25) is 4.99 Å². The van der Waals surface area contributed by atoms with Gasteiger partial charge in [0.1, 0.15) is 0 Å². The molecule has 0 bridgehead atoms. The van der Waals surface area contributed by atoms with E-state index in [1.807, 2.05) is 24.4 Å². The van der Waals surface area contributed by atoms with Gasteiger partial charge in [-0.15, -0.1) is 0 Å². The maximum atomic E-state index is 4.63. The monoisotopic (exact) mass is 233 g/mol. The molecule has 0 radical (unpaired) electrons. The minimum absolute atomic E-state index is 0.998. The van der Waals surface area contributed by atoms with Crippen LogP contribution in [0, 0.1) is 0 Å². The predicted octanol–water partition coefficient (Wildman–Crippen LogP) is 4.09. The quantitative estimate of drug-likeness (QED) is 0.547. The molecule has 0 amide bonds. The molecule has 18 heavy (non-hydrogen) atoms. The summed E-state index contributed by atoms with van der Waals surface area (Å²) in [5.41, 5.74) is 5.01. The molecule has 0 saturated heterocycles. The molecule has 1 nitrogen and oxygen atoms in total. The van der Waals surface area contributed by atoms with Crippen molar-refractivity contribution in [2.75, 3.05) is 0 Å². The second kappa shape index (κ2) is 5.01. The molecule has 0 heterocycles. The molecule has 0 unspecified atom stereocenters. The summed E-state index contributed by atoms with van der Waals surface area (Å²) < 4.78 is 0. The van der Waals surface area contributed by atoms with Crippen LogP contribution in [0.1, 0.15) is 16.7 Å². The molecule has 0 aromatic heterocycles. The van der Waals surface area contributed by atoms with Crippen molar-refractivity contribution in [2.24, 2.45) is 4.99 Å². The van der Waals surface area contributed by atoms with Gasteiger partial charge in [0.2, 0.25) is 0 Å². The number of aliphatic imine (C=N–C) groups is 1. The molecule has 0 atom stereocenters. The molecule has 3 rings (SSSR count). The molecule has 0 N–H and O–H groups in total. The Balaban J connectivity index is 1.92. The fraction of sp³-hybridized carbons (Fsp3) is 0.118. The van der Waals surface area contributed by atoms with Gasteiger partial charge in [-0.25, -0.2) is 0 Å². The zero-order chi connectivity index (χ0) is 12.2. The van der Waals surface area contributed by atoms with Gasteiger partial charge in [-0.1, -0.05) is 54.6 Å². The molecular weight excluding hydrogens is 218 g/mol. The van der Waals surface area contributed by atoms with E-state index in [0.717, 1.165) is 24.1 Å². The standard InChI is InChI=1S/C17H15N/c1-2-7-14(8-3-1)13-18-17-12-6-10-15-9-4-5-11-16(15)17/h1-8,10,12-13H,9,11H2. The van der Waals surface area contributed by atoms with E-state index in [4.69, 9.17) is 0 Å². The third-order valence-corrected chi connectivity index (χ3v) is 3.23. The third kappa shape index (κ3) is 2.25. The Morgan fingerprint density at radius 3 is 2.56 bits per heavy atom.